The molecule has 4 nitrogen and oxygen atoms in total. The summed E-state index contributed by atoms with van der Waals surface area (Å²) in [5.74, 6) is 0.998. The molecule has 0 aliphatic rings. The predicted octanol–water partition coefficient (Wildman–Crippen LogP) is 1.88. The number of carbonyl (C=O) groups excluding carboxylic acids is 1. The first kappa shape index (κ1) is 15.5. The second-order valence-electron chi connectivity index (χ2n) is 4.78. The van der Waals surface area contributed by atoms with Gasteiger partial charge in [-0.15, -0.1) is 0 Å². The van der Waals surface area contributed by atoms with E-state index in [-0.39, 0.29) is 5.91 Å². The van der Waals surface area contributed by atoms with Crippen molar-refractivity contribution in [1.29, 1.82) is 0 Å². The zero-order valence-corrected chi connectivity index (χ0v) is 12.5. The van der Waals surface area contributed by atoms with Crippen LogP contribution in [0.3, 0.4) is 0 Å². The fourth-order valence-corrected chi connectivity index (χ4v) is 1.95. The lowest BCUT2D eigenvalue weighted by molar-refractivity contribution is -0.129. The Labute approximate surface area is 115 Å². The van der Waals surface area contributed by atoms with Crippen molar-refractivity contribution in [2.45, 2.75) is 27.3 Å². The van der Waals surface area contributed by atoms with E-state index in [4.69, 9.17) is 4.74 Å². The number of ether oxygens (including phenoxy) is 1. The Morgan fingerprint density at radius 2 is 2.00 bits per heavy atom. The van der Waals surface area contributed by atoms with Crippen molar-refractivity contribution in [3.8, 4) is 5.75 Å². The zero-order valence-electron chi connectivity index (χ0n) is 12.5. The molecular weight excluding hydrogens is 240 g/mol. The minimum absolute atomic E-state index is 0.106. The highest BCUT2D eigenvalue weighted by Gasteiger charge is 2.11. The number of aryl methyl sites for hydroxylation is 2. The van der Waals surface area contributed by atoms with E-state index in [2.05, 4.69) is 11.4 Å². The quantitative estimate of drug-likeness (QED) is 0.853. The number of amides is 1. The Kier molecular flexibility index (Phi) is 5.83. The summed E-state index contributed by atoms with van der Waals surface area (Å²) < 4.78 is 5.30. The summed E-state index contributed by atoms with van der Waals surface area (Å²) in [7, 11) is 3.51. The van der Waals surface area contributed by atoms with Gasteiger partial charge >= 0.3 is 0 Å². The van der Waals surface area contributed by atoms with Crippen molar-refractivity contribution in [3.63, 3.8) is 0 Å². The molecular formula is C15H24N2O2. The van der Waals surface area contributed by atoms with Crippen molar-refractivity contribution < 1.29 is 9.53 Å². The van der Waals surface area contributed by atoms with Crippen LogP contribution in [-0.2, 0) is 11.3 Å². The van der Waals surface area contributed by atoms with Gasteiger partial charge in [-0.2, -0.15) is 0 Å². The lowest BCUT2D eigenvalue weighted by Gasteiger charge is -2.20. The summed E-state index contributed by atoms with van der Waals surface area (Å²) >= 11 is 0. The largest absolute Gasteiger partial charge is 0.496 e. The number of carbonyl (C=O) groups is 1. The Bertz CT molecular complexity index is 444. The van der Waals surface area contributed by atoms with Crippen molar-refractivity contribution in [1.82, 2.24) is 10.2 Å². The number of nitrogens with one attached hydrogen (secondary N) is 1. The average Bonchev–Trinajstić information content (AvgIpc) is 2.39. The molecule has 1 aromatic rings. The highest BCUT2D eigenvalue weighted by atomic mass is 16.5. The highest BCUT2D eigenvalue weighted by molar-refractivity contribution is 5.78. The Hall–Kier alpha value is -1.55. The molecule has 0 fully saturated rings. The smallest absolute Gasteiger partial charge is 0.236 e. The number of hydrogen-bond donors (Lipinski definition) is 1. The van der Waals surface area contributed by atoms with Crippen LogP contribution in [0.1, 0.15) is 23.6 Å². The minimum Gasteiger partial charge on any atom is -0.496 e. The SMILES string of the molecule is CCNCC(=O)N(C)Cc1cc(C)c(OC)cc1C. The topological polar surface area (TPSA) is 41.6 Å². The van der Waals surface area contributed by atoms with Crippen LogP contribution in [-0.4, -0.2) is 38.1 Å². The van der Waals surface area contributed by atoms with Gasteiger partial charge in [0.05, 0.1) is 13.7 Å². The molecule has 0 unspecified atom stereocenters. The van der Waals surface area contributed by atoms with Crippen LogP contribution < -0.4 is 10.1 Å². The van der Waals surface area contributed by atoms with Gasteiger partial charge in [0.25, 0.3) is 0 Å². The third-order valence-electron chi connectivity index (χ3n) is 3.21. The Balaban J connectivity index is 2.76. The van der Waals surface area contributed by atoms with Crippen molar-refractivity contribution >= 4 is 5.91 Å². The van der Waals surface area contributed by atoms with Crippen LogP contribution in [0.15, 0.2) is 12.1 Å². The molecule has 0 heterocycles. The zero-order chi connectivity index (χ0) is 14.4. The molecule has 0 saturated heterocycles. The van der Waals surface area contributed by atoms with E-state index in [1.807, 2.05) is 33.9 Å². The van der Waals surface area contributed by atoms with E-state index in [1.165, 1.54) is 0 Å². The monoisotopic (exact) mass is 264 g/mol. The maximum Gasteiger partial charge on any atom is 0.236 e. The molecule has 106 valence electrons. The van der Waals surface area contributed by atoms with E-state index >= 15 is 0 Å². The van der Waals surface area contributed by atoms with Crippen LogP contribution in [0.5, 0.6) is 5.75 Å². The van der Waals surface area contributed by atoms with Crippen molar-refractivity contribution in [3.05, 3.63) is 28.8 Å². The molecule has 0 atom stereocenters. The molecule has 1 N–H and O–H groups in total. The molecule has 1 aromatic carbocycles. The number of benzene rings is 1. The number of nitrogens with zero attached hydrogens (tertiary/aromatic N) is 1. The molecule has 1 amide bonds. The van der Waals surface area contributed by atoms with Crippen molar-refractivity contribution in [2.24, 2.45) is 0 Å². The first-order valence-corrected chi connectivity index (χ1v) is 6.58. The van der Waals surface area contributed by atoms with Gasteiger partial charge in [0, 0.05) is 13.6 Å². The summed E-state index contributed by atoms with van der Waals surface area (Å²) in [6.07, 6.45) is 0. The van der Waals surface area contributed by atoms with Gasteiger partial charge in [-0.05, 0) is 43.1 Å². The van der Waals surface area contributed by atoms with E-state index in [1.54, 1.807) is 12.0 Å². The third-order valence-corrected chi connectivity index (χ3v) is 3.21. The Morgan fingerprint density at radius 3 is 2.58 bits per heavy atom. The van der Waals surface area contributed by atoms with Crippen LogP contribution in [0, 0.1) is 13.8 Å². The summed E-state index contributed by atoms with van der Waals surface area (Å²) in [5, 5.41) is 3.05. The molecule has 0 spiro atoms. The Morgan fingerprint density at radius 1 is 1.32 bits per heavy atom. The molecule has 0 aliphatic heterocycles. The minimum atomic E-state index is 0.106. The first-order valence-electron chi connectivity index (χ1n) is 6.58. The molecule has 0 saturated carbocycles. The first-order chi connectivity index (χ1) is 8.99. The van der Waals surface area contributed by atoms with Gasteiger partial charge < -0.3 is 15.0 Å². The molecule has 19 heavy (non-hydrogen) atoms. The normalized spacial score (nSPS) is 10.4. The summed E-state index contributed by atoms with van der Waals surface area (Å²) in [5.41, 5.74) is 3.40. The van der Waals surface area contributed by atoms with E-state index in [0.717, 1.165) is 29.0 Å². The van der Waals surface area contributed by atoms with E-state index in [0.29, 0.717) is 13.1 Å². The van der Waals surface area contributed by atoms with Gasteiger partial charge in [-0.25, -0.2) is 0 Å². The molecule has 0 aromatic heterocycles. The van der Waals surface area contributed by atoms with E-state index in [9.17, 15) is 4.79 Å². The van der Waals surface area contributed by atoms with Crippen LogP contribution in [0.4, 0.5) is 0 Å². The summed E-state index contributed by atoms with van der Waals surface area (Å²) in [4.78, 5) is 13.6. The molecule has 1 rings (SSSR count). The van der Waals surface area contributed by atoms with Gasteiger partial charge in [0.15, 0.2) is 0 Å². The third kappa shape index (κ3) is 4.24. The lowest BCUT2D eigenvalue weighted by atomic mass is 10.0. The van der Waals surface area contributed by atoms with Gasteiger partial charge in [0.1, 0.15) is 5.75 Å². The molecule has 0 bridgehead atoms. The number of likely N-dealkylation sites (N-methyl/N-ethyl adjacent to an activating group) is 2. The van der Waals surface area contributed by atoms with Crippen molar-refractivity contribution in [2.75, 3.05) is 27.2 Å². The maximum absolute atomic E-state index is 11.9. The average molecular weight is 264 g/mol. The second kappa shape index (κ2) is 7.14. The van der Waals surface area contributed by atoms with Crippen LogP contribution in [0.2, 0.25) is 0 Å². The number of methoxy groups -OCH3 is 1. The fraction of sp³-hybridized carbons (Fsp3) is 0.533. The summed E-state index contributed by atoms with van der Waals surface area (Å²) in [6, 6.07) is 4.11. The summed E-state index contributed by atoms with van der Waals surface area (Å²) in [6.45, 7) is 7.87. The van der Waals surface area contributed by atoms with Gasteiger partial charge in [0.2, 0.25) is 5.91 Å². The maximum atomic E-state index is 11.9. The molecule has 0 radical (unpaired) electrons. The molecule has 4 heteroatoms. The fourth-order valence-electron chi connectivity index (χ4n) is 1.95. The van der Waals surface area contributed by atoms with Crippen LogP contribution in [0.25, 0.3) is 0 Å². The van der Waals surface area contributed by atoms with Gasteiger partial charge in [-0.1, -0.05) is 13.0 Å². The predicted molar refractivity (Wildman–Crippen MR) is 77.5 cm³/mol. The van der Waals surface area contributed by atoms with E-state index < -0.39 is 0 Å². The van der Waals surface area contributed by atoms with Gasteiger partial charge in [-0.3, -0.25) is 4.79 Å². The highest BCUT2D eigenvalue weighted by Crippen LogP contribution is 2.23. The number of hydrogen-bond acceptors (Lipinski definition) is 3. The number of rotatable bonds is 6. The standard InChI is InChI=1S/C15H24N2O2/c1-6-16-9-15(18)17(4)10-13-7-12(3)14(19-5)8-11(13)2/h7-8,16H,6,9-10H2,1-5H3. The second-order valence-corrected chi connectivity index (χ2v) is 4.78. The van der Waals surface area contributed by atoms with Crippen LogP contribution >= 0.6 is 0 Å². The molecule has 0 aliphatic carbocycles. The lowest BCUT2D eigenvalue weighted by Crippen LogP contribution is -2.35.